The first-order valence-electron chi connectivity index (χ1n) is 6.77. The first-order valence-corrected chi connectivity index (χ1v) is 6.77. The molecule has 1 aromatic carbocycles. The van der Waals surface area contributed by atoms with E-state index >= 15 is 0 Å². The topological polar surface area (TPSA) is 72.8 Å². The summed E-state index contributed by atoms with van der Waals surface area (Å²) in [6.45, 7) is 0. The first kappa shape index (κ1) is 12.6. The Morgan fingerprint density at radius 1 is 1.14 bits per heavy atom. The molecule has 6 nitrogen and oxygen atoms in total. The van der Waals surface area contributed by atoms with E-state index < -0.39 is 0 Å². The number of methoxy groups -OCH3 is 1. The van der Waals surface area contributed by atoms with Crippen LogP contribution >= 0.6 is 0 Å². The van der Waals surface area contributed by atoms with E-state index in [1.807, 2.05) is 30.3 Å². The molecule has 0 amide bonds. The molecule has 0 fully saturated rings. The van der Waals surface area contributed by atoms with Gasteiger partial charge in [0.15, 0.2) is 5.65 Å². The van der Waals surface area contributed by atoms with Crippen molar-refractivity contribution in [2.24, 2.45) is 0 Å². The van der Waals surface area contributed by atoms with Crippen LogP contribution in [-0.4, -0.2) is 26.6 Å². The molecular formula is C16H12N4O2. The van der Waals surface area contributed by atoms with Gasteiger partial charge in [-0.1, -0.05) is 6.07 Å². The SMILES string of the molecule is COc1ccnc2[nH]c(=O)n(-c3ccc4ncccc4c3)c12. The summed E-state index contributed by atoms with van der Waals surface area (Å²) in [5.74, 6) is 0.592. The summed E-state index contributed by atoms with van der Waals surface area (Å²) >= 11 is 0. The molecule has 1 N–H and O–H groups in total. The summed E-state index contributed by atoms with van der Waals surface area (Å²) in [5, 5.41) is 0.962. The minimum absolute atomic E-state index is 0.254. The summed E-state index contributed by atoms with van der Waals surface area (Å²) in [6, 6.07) is 11.2. The van der Waals surface area contributed by atoms with Crippen LogP contribution in [-0.2, 0) is 0 Å². The predicted molar refractivity (Wildman–Crippen MR) is 83.5 cm³/mol. The predicted octanol–water partition coefficient (Wildman–Crippen LogP) is 2.27. The van der Waals surface area contributed by atoms with Crippen LogP contribution in [0.1, 0.15) is 0 Å². The van der Waals surface area contributed by atoms with Gasteiger partial charge >= 0.3 is 5.69 Å². The Balaban J connectivity index is 2.07. The number of rotatable bonds is 2. The Morgan fingerprint density at radius 3 is 2.91 bits per heavy atom. The molecule has 6 heteroatoms. The number of hydrogen-bond donors (Lipinski definition) is 1. The van der Waals surface area contributed by atoms with Crippen molar-refractivity contribution >= 4 is 22.1 Å². The molecule has 4 rings (SSSR count). The number of pyridine rings is 2. The number of hydrogen-bond acceptors (Lipinski definition) is 4. The molecule has 0 aliphatic rings. The maximum atomic E-state index is 12.3. The van der Waals surface area contributed by atoms with Crippen LogP contribution in [0.2, 0.25) is 0 Å². The van der Waals surface area contributed by atoms with E-state index in [1.165, 1.54) is 0 Å². The van der Waals surface area contributed by atoms with E-state index in [2.05, 4.69) is 15.0 Å². The van der Waals surface area contributed by atoms with Crippen molar-refractivity contribution in [1.29, 1.82) is 0 Å². The minimum atomic E-state index is -0.254. The molecule has 0 saturated heterocycles. The molecule has 0 saturated carbocycles. The fourth-order valence-corrected chi connectivity index (χ4v) is 2.62. The van der Waals surface area contributed by atoms with Crippen molar-refractivity contribution in [2.45, 2.75) is 0 Å². The van der Waals surface area contributed by atoms with Crippen LogP contribution < -0.4 is 10.4 Å². The fourth-order valence-electron chi connectivity index (χ4n) is 2.62. The summed E-state index contributed by atoms with van der Waals surface area (Å²) in [6.07, 6.45) is 3.35. The molecule has 22 heavy (non-hydrogen) atoms. The maximum absolute atomic E-state index is 12.3. The van der Waals surface area contributed by atoms with Gasteiger partial charge in [-0.05, 0) is 24.3 Å². The molecule has 0 unspecified atom stereocenters. The summed E-state index contributed by atoms with van der Waals surface area (Å²) in [5.41, 5.74) is 2.48. The van der Waals surface area contributed by atoms with E-state index in [4.69, 9.17) is 4.74 Å². The zero-order valence-electron chi connectivity index (χ0n) is 11.8. The summed E-state index contributed by atoms with van der Waals surface area (Å²) in [4.78, 5) is 23.6. The largest absolute Gasteiger partial charge is 0.494 e. The lowest BCUT2D eigenvalue weighted by molar-refractivity contribution is 0.418. The Labute approximate surface area is 125 Å². The molecular weight excluding hydrogens is 280 g/mol. The van der Waals surface area contributed by atoms with Crippen molar-refractivity contribution in [1.82, 2.24) is 19.5 Å². The number of fused-ring (bicyclic) bond motifs is 2. The maximum Gasteiger partial charge on any atom is 0.332 e. The third-order valence-electron chi connectivity index (χ3n) is 3.60. The van der Waals surface area contributed by atoms with Crippen LogP contribution in [0.5, 0.6) is 5.75 Å². The van der Waals surface area contributed by atoms with Gasteiger partial charge in [-0.2, -0.15) is 0 Å². The van der Waals surface area contributed by atoms with Gasteiger partial charge in [0.05, 0.1) is 18.3 Å². The van der Waals surface area contributed by atoms with E-state index in [0.29, 0.717) is 16.9 Å². The molecule has 108 valence electrons. The van der Waals surface area contributed by atoms with E-state index in [-0.39, 0.29) is 5.69 Å². The van der Waals surface area contributed by atoms with Gasteiger partial charge in [0.2, 0.25) is 0 Å². The third-order valence-corrected chi connectivity index (χ3v) is 3.60. The molecule has 0 aliphatic heterocycles. The van der Waals surface area contributed by atoms with Gasteiger partial charge in [0.25, 0.3) is 0 Å². The van der Waals surface area contributed by atoms with Crippen molar-refractivity contribution in [3.8, 4) is 11.4 Å². The van der Waals surface area contributed by atoms with Crippen LogP contribution in [0.4, 0.5) is 0 Å². The zero-order valence-corrected chi connectivity index (χ0v) is 11.8. The third kappa shape index (κ3) is 1.77. The average molecular weight is 292 g/mol. The number of aromatic nitrogens is 4. The highest BCUT2D eigenvalue weighted by Crippen LogP contribution is 2.25. The number of H-pyrrole nitrogens is 1. The molecule has 4 aromatic rings. The Morgan fingerprint density at radius 2 is 2.05 bits per heavy atom. The smallest absolute Gasteiger partial charge is 0.332 e. The highest BCUT2D eigenvalue weighted by atomic mass is 16.5. The Hall–Kier alpha value is -3.15. The highest BCUT2D eigenvalue weighted by Gasteiger charge is 2.14. The Bertz CT molecular complexity index is 1050. The van der Waals surface area contributed by atoms with Crippen molar-refractivity contribution in [2.75, 3.05) is 7.11 Å². The van der Waals surface area contributed by atoms with E-state index in [9.17, 15) is 4.79 Å². The Kier molecular flexibility index (Phi) is 2.69. The monoisotopic (exact) mass is 292 g/mol. The lowest BCUT2D eigenvalue weighted by Crippen LogP contribution is -2.14. The van der Waals surface area contributed by atoms with Crippen LogP contribution in [0.25, 0.3) is 27.8 Å². The lowest BCUT2D eigenvalue weighted by Gasteiger charge is -2.07. The van der Waals surface area contributed by atoms with Gasteiger partial charge in [-0.3, -0.25) is 14.5 Å². The minimum Gasteiger partial charge on any atom is -0.494 e. The van der Waals surface area contributed by atoms with Crippen LogP contribution in [0, 0.1) is 0 Å². The molecule has 3 heterocycles. The van der Waals surface area contributed by atoms with Gasteiger partial charge in [-0.25, -0.2) is 9.78 Å². The quantitative estimate of drug-likeness (QED) is 0.615. The number of ether oxygens (including phenoxy) is 1. The van der Waals surface area contributed by atoms with E-state index in [0.717, 1.165) is 16.6 Å². The highest BCUT2D eigenvalue weighted by molar-refractivity contribution is 5.84. The standard InChI is InChI=1S/C16H12N4O2/c1-22-13-6-8-18-15-14(13)20(16(21)19-15)11-4-5-12-10(9-11)3-2-7-17-12/h2-9H,1H3,(H,18,19,21). The molecule has 0 bridgehead atoms. The van der Waals surface area contributed by atoms with Crippen molar-refractivity contribution < 1.29 is 4.74 Å². The molecule has 3 aromatic heterocycles. The zero-order chi connectivity index (χ0) is 15.1. The number of imidazole rings is 1. The number of nitrogens with one attached hydrogen (secondary N) is 1. The summed E-state index contributed by atoms with van der Waals surface area (Å²) < 4.78 is 6.92. The van der Waals surface area contributed by atoms with Gasteiger partial charge in [-0.15, -0.1) is 0 Å². The van der Waals surface area contributed by atoms with Crippen molar-refractivity contribution in [3.05, 3.63) is 59.3 Å². The molecule has 0 spiro atoms. The van der Waals surface area contributed by atoms with Crippen molar-refractivity contribution in [3.63, 3.8) is 0 Å². The normalized spacial score (nSPS) is 11.1. The number of benzene rings is 1. The molecule has 0 aliphatic carbocycles. The van der Waals surface area contributed by atoms with Gasteiger partial charge in [0, 0.05) is 23.8 Å². The first-order chi connectivity index (χ1) is 10.8. The number of nitrogens with zero attached hydrogens (tertiary/aromatic N) is 3. The second kappa shape index (κ2) is 4.70. The second-order valence-electron chi connectivity index (χ2n) is 4.86. The van der Waals surface area contributed by atoms with Gasteiger partial charge < -0.3 is 4.74 Å². The molecule has 0 atom stereocenters. The average Bonchev–Trinajstić information content (AvgIpc) is 2.90. The summed E-state index contributed by atoms with van der Waals surface area (Å²) in [7, 11) is 1.57. The second-order valence-corrected chi connectivity index (χ2v) is 4.86. The van der Waals surface area contributed by atoms with Crippen LogP contribution in [0.15, 0.2) is 53.6 Å². The lowest BCUT2D eigenvalue weighted by atomic mass is 10.2. The van der Waals surface area contributed by atoms with E-state index in [1.54, 1.807) is 30.1 Å². The van der Waals surface area contributed by atoms with Gasteiger partial charge in [0.1, 0.15) is 11.3 Å². The van der Waals surface area contributed by atoms with Crippen LogP contribution in [0.3, 0.4) is 0 Å². The molecule has 0 radical (unpaired) electrons. The number of aromatic amines is 1. The fraction of sp³-hybridized carbons (Fsp3) is 0.0625.